The van der Waals surface area contributed by atoms with E-state index in [9.17, 15) is 0 Å². The molecule has 0 spiro atoms. The number of aryl methyl sites for hydroxylation is 2. The van der Waals surface area contributed by atoms with Crippen LogP contribution < -0.4 is 15.0 Å². The summed E-state index contributed by atoms with van der Waals surface area (Å²) in [5, 5.41) is 4.23. The van der Waals surface area contributed by atoms with Crippen molar-refractivity contribution in [2.75, 3.05) is 30.4 Å². The van der Waals surface area contributed by atoms with Gasteiger partial charge in [0.05, 0.1) is 24.2 Å². The molecular weight excluding hydrogens is 312 g/mol. The molecule has 6 heteroatoms. The van der Waals surface area contributed by atoms with Gasteiger partial charge in [0.15, 0.2) is 0 Å². The van der Waals surface area contributed by atoms with Crippen molar-refractivity contribution in [3.8, 4) is 5.75 Å². The molecule has 1 fully saturated rings. The molecule has 2 heterocycles. The Morgan fingerprint density at radius 1 is 1.35 bits per heavy atom. The number of methoxy groups -OCH3 is 1. The second kappa shape index (κ2) is 6.62. The van der Waals surface area contributed by atoms with Gasteiger partial charge in [-0.1, -0.05) is 11.6 Å². The van der Waals surface area contributed by atoms with Gasteiger partial charge >= 0.3 is 0 Å². The maximum atomic E-state index is 6.14. The number of hydrogen-bond donors (Lipinski definition) is 1. The van der Waals surface area contributed by atoms with E-state index < -0.39 is 0 Å². The average molecular weight is 333 g/mol. The summed E-state index contributed by atoms with van der Waals surface area (Å²) in [4.78, 5) is 11.2. The molecule has 5 nitrogen and oxygen atoms in total. The van der Waals surface area contributed by atoms with Crippen LogP contribution in [0, 0.1) is 13.8 Å². The summed E-state index contributed by atoms with van der Waals surface area (Å²) in [7, 11) is 1.68. The second-order valence-electron chi connectivity index (χ2n) is 5.84. The van der Waals surface area contributed by atoms with Crippen LogP contribution in [0.4, 0.5) is 11.5 Å². The number of nitrogens with one attached hydrogen (secondary N) is 1. The molecule has 1 aliphatic heterocycles. The van der Waals surface area contributed by atoms with Crippen molar-refractivity contribution in [3.63, 3.8) is 0 Å². The molecule has 1 aromatic heterocycles. The standard InChI is InChI=1S/C17H21ClN4O/c1-11-9-19-12(2)17(20-11)21-14-6-7-22(10-14)15-8-13(18)4-5-16(15)23-3/h4-5,8-9,14H,6-7,10H2,1-3H3,(H,20,21). The van der Waals surface area contributed by atoms with E-state index in [1.54, 1.807) is 13.3 Å². The number of nitrogens with zero attached hydrogens (tertiary/aromatic N) is 3. The fourth-order valence-corrected chi connectivity index (χ4v) is 3.04. The van der Waals surface area contributed by atoms with E-state index in [1.807, 2.05) is 32.0 Å². The maximum absolute atomic E-state index is 6.14. The molecule has 1 saturated heterocycles. The van der Waals surface area contributed by atoms with Gasteiger partial charge in [-0.05, 0) is 38.5 Å². The highest BCUT2D eigenvalue weighted by Gasteiger charge is 2.25. The average Bonchev–Trinajstić information content (AvgIpc) is 2.99. The predicted molar refractivity (Wildman–Crippen MR) is 93.8 cm³/mol. The molecule has 0 bridgehead atoms. The lowest BCUT2D eigenvalue weighted by Gasteiger charge is -2.22. The molecule has 1 aromatic carbocycles. The molecule has 0 aliphatic carbocycles. The molecule has 0 radical (unpaired) electrons. The Bertz CT molecular complexity index is 707. The van der Waals surface area contributed by atoms with Gasteiger partial charge in [-0.2, -0.15) is 0 Å². The van der Waals surface area contributed by atoms with Crippen LogP contribution in [0.1, 0.15) is 17.8 Å². The topological polar surface area (TPSA) is 50.3 Å². The number of halogens is 1. The van der Waals surface area contributed by atoms with Crippen LogP contribution in [0.3, 0.4) is 0 Å². The lowest BCUT2D eigenvalue weighted by Crippen LogP contribution is -2.27. The Hall–Kier alpha value is -2.01. The summed E-state index contributed by atoms with van der Waals surface area (Å²) in [5.74, 6) is 1.72. The highest BCUT2D eigenvalue weighted by molar-refractivity contribution is 6.30. The van der Waals surface area contributed by atoms with E-state index in [-0.39, 0.29) is 0 Å². The number of rotatable bonds is 4. The van der Waals surface area contributed by atoms with Crippen molar-refractivity contribution in [2.45, 2.75) is 26.3 Å². The normalized spacial score (nSPS) is 17.4. The Balaban J connectivity index is 1.74. The molecule has 1 atom stereocenters. The lowest BCUT2D eigenvalue weighted by atomic mass is 10.2. The van der Waals surface area contributed by atoms with E-state index in [2.05, 4.69) is 20.2 Å². The third kappa shape index (κ3) is 3.50. The fourth-order valence-electron chi connectivity index (χ4n) is 2.87. The zero-order chi connectivity index (χ0) is 16.4. The van der Waals surface area contributed by atoms with Crippen LogP contribution >= 0.6 is 11.6 Å². The van der Waals surface area contributed by atoms with Crippen LogP contribution in [0.25, 0.3) is 0 Å². The van der Waals surface area contributed by atoms with Crippen molar-refractivity contribution in [1.29, 1.82) is 0 Å². The van der Waals surface area contributed by atoms with E-state index in [0.717, 1.165) is 53.2 Å². The van der Waals surface area contributed by atoms with Crippen molar-refractivity contribution in [1.82, 2.24) is 9.97 Å². The number of ether oxygens (including phenoxy) is 1. The molecule has 23 heavy (non-hydrogen) atoms. The molecule has 1 N–H and O–H groups in total. The van der Waals surface area contributed by atoms with Crippen LogP contribution in [0.5, 0.6) is 5.75 Å². The van der Waals surface area contributed by atoms with Gasteiger partial charge in [-0.3, -0.25) is 4.98 Å². The number of anilines is 2. The van der Waals surface area contributed by atoms with E-state index in [0.29, 0.717) is 6.04 Å². The van der Waals surface area contributed by atoms with Crippen LogP contribution in [-0.2, 0) is 0 Å². The first-order chi connectivity index (χ1) is 11.1. The number of benzene rings is 1. The maximum Gasteiger partial charge on any atom is 0.148 e. The molecule has 0 amide bonds. The Morgan fingerprint density at radius 3 is 2.96 bits per heavy atom. The second-order valence-corrected chi connectivity index (χ2v) is 6.27. The summed E-state index contributed by atoms with van der Waals surface area (Å²) in [6.45, 7) is 5.76. The van der Waals surface area contributed by atoms with Gasteiger partial charge in [0.2, 0.25) is 0 Å². The van der Waals surface area contributed by atoms with Crippen LogP contribution in [0.2, 0.25) is 5.02 Å². The van der Waals surface area contributed by atoms with Crippen LogP contribution in [-0.4, -0.2) is 36.2 Å². The molecule has 1 unspecified atom stereocenters. The minimum absolute atomic E-state index is 0.327. The van der Waals surface area contributed by atoms with Gasteiger partial charge in [0, 0.05) is 30.4 Å². The summed E-state index contributed by atoms with van der Waals surface area (Å²) < 4.78 is 5.46. The summed E-state index contributed by atoms with van der Waals surface area (Å²) in [6.07, 6.45) is 2.82. The fraction of sp³-hybridized carbons (Fsp3) is 0.412. The zero-order valence-corrected chi connectivity index (χ0v) is 14.4. The zero-order valence-electron chi connectivity index (χ0n) is 13.6. The summed E-state index contributed by atoms with van der Waals surface area (Å²) >= 11 is 6.14. The monoisotopic (exact) mass is 332 g/mol. The minimum Gasteiger partial charge on any atom is -0.495 e. The Morgan fingerprint density at radius 2 is 2.17 bits per heavy atom. The highest BCUT2D eigenvalue weighted by Crippen LogP contribution is 2.33. The van der Waals surface area contributed by atoms with E-state index >= 15 is 0 Å². The first kappa shape index (κ1) is 15.9. The van der Waals surface area contributed by atoms with Crippen LogP contribution in [0.15, 0.2) is 24.4 Å². The van der Waals surface area contributed by atoms with E-state index in [4.69, 9.17) is 16.3 Å². The smallest absolute Gasteiger partial charge is 0.148 e. The lowest BCUT2D eigenvalue weighted by molar-refractivity contribution is 0.415. The van der Waals surface area contributed by atoms with Gasteiger partial charge < -0.3 is 15.0 Å². The van der Waals surface area contributed by atoms with Gasteiger partial charge in [-0.25, -0.2) is 4.98 Å². The summed E-state index contributed by atoms with van der Waals surface area (Å²) in [5.41, 5.74) is 2.88. The third-order valence-corrected chi connectivity index (χ3v) is 4.32. The van der Waals surface area contributed by atoms with Crippen molar-refractivity contribution < 1.29 is 4.74 Å². The molecule has 2 aromatic rings. The number of aromatic nitrogens is 2. The molecular formula is C17H21ClN4O. The van der Waals surface area contributed by atoms with Crippen molar-refractivity contribution in [2.24, 2.45) is 0 Å². The highest BCUT2D eigenvalue weighted by atomic mass is 35.5. The first-order valence-corrected chi connectivity index (χ1v) is 8.10. The predicted octanol–water partition coefficient (Wildman–Crippen LogP) is 3.45. The van der Waals surface area contributed by atoms with Crippen molar-refractivity contribution in [3.05, 3.63) is 40.8 Å². The SMILES string of the molecule is COc1ccc(Cl)cc1N1CCC(Nc2nc(C)cnc2C)C1. The summed E-state index contributed by atoms with van der Waals surface area (Å²) in [6, 6.07) is 6.05. The molecule has 3 rings (SSSR count). The number of hydrogen-bond acceptors (Lipinski definition) is 5. The third-order valence-electron chi connectivity index (χ3n) is 4.09. The van der Waals surface area contributed by atoms with Gasteiger partial charge in [0.25, 0.3) is 0 Å². The van der Waals surface area contributed by atoms with Gasteiger partial charge in [-0.15, -0.1) is 0 Å². The van der Waals surface area contributed by atoms with Crippen molar-refractivity contribution >= 4 is 23.1 Å². The largest absolute Gasteiger partial charge is 0.495 e. The quantitative estimate of drug-likeness (QED) is 0.929. The Labute approximate surface area is 141 Å². The van der Waals surface area contributed by atoms with E-state index in [1.165, 1.54) is 0 Å². The molecule has 122 valence electrons. The minimum atomic E-state index is 0.327. The van der Waals surface area contributed by atoms with Gasteiger partial charge in [0.1, 0.15) is 11.6 Å². The Kier molecular flexibility index (Phi) is 4.57. The molecule has 1 aliphatic rings. The molecule has 0 saturated carbocycles. The first-order valence-electron chi connectivity index (χ1n) is 7.72.